The van der Waals surface area contributed by atoms with E-state index in [4.69, 9.17) is 5.11 Å². The second-order valence-corrected chi connectivity index (χ2v) is 5.27. The lowest BCUT2D eigenvalue weighted by Crippen LogP contribution is -2.09. The Morgan fingerprint density at radius 2 is 1.58 bits per heavy atom. The first-order valence-corrected chi connectivity index (χ1v) is 7.55. The Labute approximate surface area is 118 Å². The molecule has 0 bridgehead atoms. The van der Waals surface area contributed by atoms with Crippen molar-refractivity contribution in [2.45, 2.75) is 40.0 Å². The molecule has 104 valence electrons. The maximum absolute atomic E-state index is 12.2. The third-order valence-corrected chi connectivity index (χ3v) is 3.92. The Kier molecular flexibility index (Phi) is 6.09. The van der Waals surface area contributed by atoms with Crippen molar-refractivity contribution in [3.05, 3.63) is 34.4 Å². The number of rotatable bonds is 6. The van der Waals surface area contributed by atoms with Gasteiger partial charge in [0, 0.05) is 5.56 Å². The van der Waals surface area contributed by atoms with E-state index in [9.17, 15) is 9.59 Å². The van der Waals surface area contributed by atoms with Crippen LogP contribution in [0.1, 0.15) is 47.8 Å². The third kappa shape index (κ3) is 4.10. The summed E-state index contributed by atoms with van der Waals surface area (Å²) in [5, 5.41) is 8.55. The number of thioether (sulfide) groups is 1. The molecule has 0 aliphatic carbocycles. The van der Waals surface area contributed by atoms with E-state index < -0.39 is 5.97 Å². The van der Waals surface area contributed by atoms with Crippen molar-refractivity contribution in [3.63, 3.8) is 0 Å². The van der Waals surface area contributed by atoms with E-state index in [1.807, 2.05) is 13.8 Å². The van der Waals surface area contributed by atoms with Crippen LogP contribution in [0, 0.1) is 0 Å². The first kappa shape index (κ1) is 15.8. The number of carboxylic acids is 1. The number of aryl methyl sites for hydroxylation is 3. The standard InChI is InChI=1S/C15H20O3S/c1-4-10-7-11(5-2)14(12(6-3)8-10)15(18)19-9-13(16)17/h7-8H,4-6,9H2,1-3H3,(H,16,17). The van der Waals surface area contributed by atoms with E-state index in [0.717, 1.165) is 42.2 Å². The molecule has 0 saturated heterocycles. The maximum atomic E-state index is 12.2. The number of hydrogen-bond acceptors (Lipinski definition) is 3. The van der Waals surface area contributed by atoms with Crippen LogP contribution in [0.3, 0.4) is 0 Å². The lowest BCUT2D eigenvalue weighted by Gasteiger charge is -2.13. The Morgan fingerprint density at radius 3 is 1.95 bits per heavy atom. The van der Waals surface area contributed by atoms with Gasteiger partial charge >= 0.3 is 5.97 Å². The van der Waals surface area contributed by atoms with Gasteiger partial charge in [0.2, 0.25) is 5.12 Å². The van der Waals surface area contributed by atoms with Crippen molar-refractivity contribution in [1.29, 1.82) is 0 Å². The minimum atomic E-state index is -0.959. The van der Waals surface area contributed by atoms with Crippen LogP contribution in [0.25, 0.3) is 0 Å². The molecule has 0 aromatic heterocycles. The molecule has 1 aromatic carbocycles. The van der Waals surface area contributed by atoms with Gasteiger partial charge in [-0.3, -0.25) is 9.59 Å². The quantitative estimate of drug-likeness (QED) is 0.868. The fourth-order valence-electron chi connectivity index (χ4n) is 2.06. The molecule has 0 aliphatic heterocycles. The van der Waals surface area contributed by atoms with E-state index in [-0.39, 0.29) is 10.9 Å². The van der Waals surface area contributed by atoms with E-state index in [0.29, 0.717) is 5.56 Å². The van der Waals surface area contributed by atoms with Crippen molar-refractivity contribution in [1.82, 2.24) is 0 Å². The molecular formula is C15H20O3S. The van der Waals surface area contributed by atoms with Crippen LogP contribution in [0.5, 0.6) is 0 Å². The number of hydrogen-bond donors (Lipinski definition) is 1. The highest BCUT2D eigenvalue weighted by atomic mass is 32.2. The molecule has 0 fully saturated rings. The first-order chi connectivity index (χ1) is 9.03. The van der Waals surface area contributed by atoms with Gasteiger partial charge in [0.25, 0.3) is 0 Å². The number of carbonyl (C=O) groups excluding carboxylic acids is 1. The van der Waals surface area contributed by atoms with Gasteiger partial charge in [-0.15, -0.1) is 0 Å². The van der Waals surface area contributed by atoms with Gasteiger partial charge in [0.05, 0.1) is 5.75 Å². The van der Waals surface area contributed by atoms with E-state index in [2.05, 4.69) is 19.1 Å². The van der Waals surface area contributed by atoms with E-state index >= 15 is 0 Å². The van der Waals surface area contributed by atoms with Crippen LogP contribution in [-0.2, 0) is 24.1 Å². The van der Waals surface area contributed by atoms with Crippen LogP contribution in [0.2, 0.25) is 0 Å². The van der Waals surface area contributed by atoms with Gasteiger partial charge in [-0.2, -0.15) is 0 Å². The maximum Gasteiger partial charge on any atom is 0.313 e. The monoisotopic (exact) mass is 280 g/mol. The van der Waals surface area contributed by atoms with Crippen LogP contribution in [0.4, 0.5) is 0 Å². The average Bonchev–Trinajstić information content (AvgIpc) is 2.42. The van der Waals surface area contributed by atoms with Crippen molar-refractivity contribution in [2.75, 3.05) is 5.75 Å². The van der Waals surface area contributed by atoms with E-state index in [1.54, 1.807) is 0 Å². The zero-order valence-electron chi connectivity index (χ0n) is 11.7. The smallest absolute Gasteiger partial charge is 0.313 e. The van der Waals surface area contributed by atoms with Crippen LogP contribution in [0.15, 0.2) is 12.1 Å². The molecule has 1 rings (SSSR count). The minimum absolute atomic E-state index is 0.126. The molecule has 0 amide bonds. The zero-order valence-corrected chi connectivity index (χ0v) is 12.5. The average molecular weight is 280 g/mol. The zero-order chi connectivity index (χ0) is 14.4. The molecule has 0 spiro atoms. The van der Waals surface area contributed by atoms with Gasteiger partial charge in [-0.1, -0.05) is 44.7 Å². The molecule has 4 heteroatoms. The highest BCUT2D eigenvalue weighted by Gasteiger charge is 2.17. The first-order valence-electron chi connectivity index (χ1n) is 6.56. The molecule has 0 atom stereocenters. The molecule has 0 radical (unpaired) electrons. The predicted molar refractivity (Wildman–Crippen MR) is 79.0 cm³/mol. The van der Waals surface area contributed by atoms with Crippen LogP contribution in [-0.4, -0.2) is 21.9 Å². The number of carboxylic acid groups (broad SMARTS) is 1. The summed E-state index contributed by atoms with van der Waals surface area (Å²) in [6, 6.07) is 4.13. The molecular weight excluding hydrogens is 260 g/mol. The Morgan fingerprint density at radius 1 is 1.05 bits per heavy atom. The van der Waals surface area contributed by atoms with Crippen molar-refractivity contribution in [3.8, 4) is 0 Å². The summed E-state index contributed by atoms with van der Waals surface area (Å²) in [6.07, 6.45) is 2.52. The highest BCUT2D eigenvalue weighted by Crippen LogP contribution is 2.24. The molecule has 3 nitrogen and oxygen atoms in total. The molecule has 0 heterocycles. The largest absolute Gasteiger partial charge is 0.481 e. The Hall–Kier alpha value is -1.29. The van der Waals surface area contributed by atoms with Crippen molar-refractivity contribution < 1.29 is 14.7 Å². The summed E-state index contributed by atoms with van der Waals surface area (Å²) in [4.78, 5) is 22.8. The molecule has 1 aromatic rings. The van der Waals surface area contributed by atoms with Crippen LogP contribution >= 0.6 is 11.8 Å². The van der Waals surface area contributed by atoms with Crippen molar-refractivity contribution in [2.24, 2.45) is 0 Å². The molecule has 0 aliphatic rings. The van der Waals surface area contributed by atoms with Gasteiger partial charge < -0.3 is 5.11 Å². The van der Waals surface area contributed by atoms with Gasteiger partial charge in [0.1, 0.15) is 0 Å². The van der Waals surface area contributed by atoms with Gasteiger partial charge in [0.15, 0.2) is 0 Å². The Bertz CT molecular complexity index is 455. The summed E-state index contributed by atoms with van der Waals surface area (Å²) in [5.41, 5.74) is 4.00. The highest BCUT2D eigenvalue weighted by molar-refractivity contribution is 8.14. The summed E-state index contributed by atoms with van der Waals surface area (Å²) >= 11 is 0.872. The second-order valence-electron chi connectivity index (χ2n) is 4.32. The van der Waals surface area contributed by atoms with Gasteiger partial charge in [-0.05, 0) is 36.0 Å². The molecule has 0 unspecified atom stereocenters. The van der Waals surface area contributed by atoms with Crippen molar-refractivity contribution >= 4 is 22.8 Å². The number of carbonyl (C=O) groups is 2. The fraction of sp³-hybridized carbons (Fsp3) is 0.467. The molecule has 1 N–H and O–H groups in total. The summed E-state index contributed by atoms with van der Waals surface area (Å²) in [5.74, 6) is -1.14. The SMILES string of the molecule is CCc1cc(CC)c(C(=O)SCC(=O)O)c(CC)c1. The number of benzene rings is 1. The summed E-state index contributed by atoms with van der Waals surface area (Å²) < 4.78 is 0. The second kappa shape index (κ2) is 7.34. The topological polar surface area (TPSA) is 54.4 Å². The molecule has 0 saturated carbocycles. The van der Waals surface area contributed by atoms with Gasteiger partial charge in [-0.25, -0.2) is 0 Å². The fourth-order valence-corrected chi connectivity index (χ4v) is 2.72. The normalized spacial score (nSPS) is 10.5. The molecule has 19 heavy (non-hydrogen) atoms. The lowest BCUT2D eigenvalue weighted by atomic mass is 9.94. The third-order valence-electron chi connectivity index (χ3n) is 3.06. The number of aliphatic carboxylic acids is 1. The summed E-state index contributed by atoms with van der Waals surface area (Å²) in [6.45, 7) is 6.13. The lowest BCUT2D eigenvalue weighted by molar-refractivity contribution is -0.133. The summed E-state index contributed by atoms with van der Waals surface area (Å²) in [7, 11) is 0. The van der Waals surface area contributed by atoms with E-state index in [1.165, 1.54) is 5.56 Å². The Balaban J connectivity index is 3.16. The van der Waals surface area contributed by atoms with Crippen LogP contribution < -0.4 is 0 Å². The predicted octanol–water partition coefficient (Wildman–Crippen LogP) is 3.33. The minimum Gasteiger partial charge on any atom is -0.481 e.